The lowest BCUT2D eigenvalue weighted by Crippen LogP contribution is -3.00. The highest BCUT2D eigenvalue weighted by Crippen LogP contribution is 2.26. The van der Waals surface area contributed by atoms with Gasteiger partial charge in [0.25, 0.3) is 0 Å². The number of nitrogens with two attached hydrogens (primary N) is 1. The minimum atomic E-state index is 0. The molecule has 2 heterocycles. The van der Waals surface area contributed by atoms with Crippen molar-refractivity contribution in [2.75, 3.05) is 11.7 Å². The second kappa shape index (κ2) is 8.73. The van der Waals surface area contributed by atoms with E-state index in [1.165, 1.54) is 16.0 Å². The molecule has 128 valence electrons. The van der Waals surface area contributed by atoms with Gasteiger partial charge in [-0.15, -0.1) is 5.12 Å². The first-order chi connectivity index (χ1) is 10.4. The summed E-state index contributed by atoms with van der Waals surface area (Å²) < 4.78 is 0. The molecule has 0 aromatic carbocycles. The van der Waals surface area contributed by atoms with E-state index in [1.807, 2.05) is 12.0 Å². The van der Waals surface area contributed by atoms with Crippen LogP contribution in [0.25, 0.3) is 0 Å². The quantitative estimate of drug-likeness (QED) is 0.556. The van der Waals surface area contributed by atoms with E-state index in [0.717, 1.165) is 29.6 Å². The Kier molecular flexibility index (Phi) is 7.60. The van der Waals surface area contributed by atoms with E-state index in [9.17, 15) is 0 Å². The Morgan fingerprint density at radius 2 is 1.78 bits per heavy atom. The van der Waals surface area contributed by atoms with Crippen molar-refractivity contribution in [3.05, 3.63) is 33.9 Å². The van der Waals surface area contributed by atoms with Crippen LogP contribution in [0.3, 0.4) is 0 Å². The Morgan fingerprint density at radius 3 is 2.30 bits per heavy atom. The van der Waals surface area contributed by atoms with Crippen LogP contribution in [0.5, 0.6) is 0 Å². The van der Waals surface area contributed by atoms with Crippen molar-refractivity contribution in [1.29, 1.82) is 0 Å². The molecule has 5 nitrogen and oxygen atoms in total. The van der Waals surface area contributed by atoms with Gasteiger partial charge in [0.15, 0.2) is 0 Å². The fraction of sp³-hybridized carbons (Fsp3) is 0.500. The molecule has 0 unspecified atom stereocenters. The Balaban J connectivity index is 0.00000264. The predicted molar refractivity (Wildman–Crippen MR) is 93.6 cm³/mol. The normalized spacial score (nSPS) is 14.3. The number of halogens is 1. The third-order valence-corrected chi connectivity index (χ3v) is 4.40. The summed E-state index contributed by atoms with van der Waals surface area (Å²) in [6, 6.07) is 0. The number of hydrazone groups is 1. The zero-order valence-electron chi connectivity index (χ0n) is 14.7. The number of rotatable bonds is 5. The number of aryl methyl sites for hydroxylation is 2. The van der Waals surface area contributed by atoms with Crippen LogP contribution < -0.4 is 27.5 Å². The van der Waals surface area contributed by atoms with E-state index >= 15 is 0 Å². The molecule has 0 bridgehead atoms. The van der Waals surface area contributed by atoms with Gasteiger partial charge in [-0.1, -0.05) is 39.7 Å². The summed E-state index contributed by atoms with van der Waals surface area (Å²) in [5.74, 6) is 1.06. The molecule has 0 atom stereocenters. The Morgan fingerprint density at radius 1 is 1.13 bits per heavy atom. The predicted octanol–water partition coefficient (Wildman–Crippen LogP) is -0.0847. The topological polar surface area (TPSA) is 48.3 Å². The highest BCUT2D eigenvalue weighted by Gasteiger charge is 2.30. The number of hydrazine groups is 1. The van der Waals surface area contributed by atoms with Gasteiger partial charge < -0.3 is 17.0 Å². The lowest BCUT2D eigenvalue weighted by Gasteiger charge is -2.18. The molecule has 1 aromatic rings. The maximum absolute atomic E-state index is 4.74. The van der Waals surface area contributed by atoms with Crippen LogP contribution >= 0.6 is 11.3 Å². The van der Waals surface area contributed by atoms with E-state index in [-0.39, 0.29) is 17.0 Å². The lowest BCUT2D eigenvalue weighted by molar-refractivity contribution is -0.704. The van der Waals surface area contributed by atoms with Crippen molar-refractivity contribution in [3.63, 3.8) is 0 Å². The van der Waals surface area contributed by atoms with Gasteiger partial charge in [-0.05, 0) is 46.7 Å². The van der Waals surface area contributed by atoms with Crippen LogP contribution in [0.4, 0.5) is 5.13 Å². The molecule has 0 spiro atoms. The molecule has 2 N–H and O–H groups in total. The van der Waals surface area contributed by atoms with Crippen molar-refractivity contribution in [2.45, 2.75) is 48.0 Å². The summed E-state index contributed by atoms with van der Waals surface area (Å²) in [7, 11) is 0. The zero-order valence-corrected chi connectivity index (χ0v) is 17.1. The second-order valence-electron chi connectivity index (χ2n) is 6.04. The van der Waals surface area contributed by atoms with E-state index in [4.69, 9.17) is 5.10 Å². The van der Waals surface area contributed by atoms with Crippen LogP contribution in [0.15, 0.2) is 28.4 Å². The molecule has 0 saturated carbocycles. The Labute approximate surface area is 153 Å². The second-order valence-corrected chi connectivity index (χ2v) is 7.22. The van der Waals surface area contributed by atoms with Crippen LogP contribution in [0, 0.1) is 13.8 Å². The highest BCUT2D eigenvalue weighted by atomic mass is 79.9. The molecule has 1 aromatic heterocycles. The van der Waals surface area contributed by atoms with Crippen molar-refractivity contribution in [2.24, 2.45) is 5.10 Å². The lowest BCUT2D eigenvalue weighted by atomic mass is 10.2. The summed E-state index contributed by atoms with van der Waals surface area (Å²) in [5.41, 5.74) is 5.81. The maximum Gasteiger partial charge on any atom is 0.243 e. The SMILES string of the molecule is CC(C)=CCC1=NN(c2nc(C)c(C)s2)N(CC=C(C)C)[NH2+]1.[Br-]. The van der Waals surface area contributed by atoms with Gasteiger partial charge in [-0.3, -0.25) is 0 Å². The molecular weight excluding hydrogens is 374 g/mol. The third kappa shape index (κ3) is 5.53. The first kappa shape index (κ1) is 20.0. The van der Waals surface area contributed by atoms with E-state index < -0.39 is 0 Å². The molecular formula is C16H26BrN5S. The van der Waals surface area contributed by atoms with Crippen molar-refractivity contribution in [3.8, 4) is 0 Å². The molecule has 2 rings (SSSR count). The molecule has 1 aliphatic rings. The standard InChI is InChI=1S/C16H25N5S.BrH/c1-11(2)7-8-15-18-20(10-9-12(3)4)21(19-15)16-17-13(5)14(6)22-16;/h7,9H,8,10H2,1-6H3,(H,18,19);1H. The summed E-state index contributed by atoms with van der Waals surface area (Å²) in [6.45, 7) is 13.4. The van der Waals surface area contributed by atoms with Gasteiger partial charge in [0.2, 0.25) is 11.0 Å². The Bertz CT molecular complexity index is 605. The fourth-order valence-corrected chi connectivity index (χ4v) is 2.81. The number of hydrogen-bond donors (Lipinski definition) is 1. The average molecular weight is 400 g/mol. The number of aromatic nitrogens is 1. The summed E-state index contributed by atoms with van der Waals surface area (Å²) in [6.07, 6.45) is 5.26. The molecule has 0 fully saturated rings. The monoisotopic (exact) mass is 399 g/mol. The number of amidine groups is 1. The minimum Gasteiger partial charge on any atom is -1.00 e. The molecule has 0 saturated heterocycles. The van der Waals surface area contributed by atoms with Crippen molar-refractivity contribution < 1.29 is 22.4 Å². The summed E-state index contributed by atoms with van der Waals surface area (Å²) in [4.78, 5) is 5.88. The van der Waals surface area contributed by atoms with Crippen LogP contribution in [0.2, 0.25) is 0 Å². The minimum absolute atomic E-state index is 0. The third-order valence-electron chi connectivity index (χ3n) is 3.36. The maximum atomic E-state index is 4.74. The van der Waals surface area contributed by atoms with E-state index in [2.05, 4.69) is 62.3 Å². The van der Waals surface area contributed by atoms with Gasteiger partial charge in [-0.2, -0.15) is 5.43 Å². The number of anilines is 1. The number of allylic oxidation sites excluding steroid dienone is 2. The van der Waals surface area contributed by atoms with E-state index in [0.29, 0.717) is 0 Å². The van der Waals surface area contributed by atoms with Gasteiger partial charge in [0, 0.05) is 4.88 Å². The summed E-state index contributed by atoms with van der Waals surface area (Å²) in [5, 5.41) is 9.72. The first-order valence-corrected chi connectivity index (χ1v) is 8.38. The van der Waals surface area contributed by atoms with Crippen molar-refractivity contribution >= 4 is 22.3 Å². The van der Waals surface area contributed by atoms with Crippen LogP contribution in [-0.4, -0.2) is 22.5 Å². The molecule has 0 radical (unpaired) electrons. The van der Waals surface area contributed by atoms with E-state index in [1.54, 1.807) is 11.3 Å². The number of quaternary nitrogens is 1. The van der Waals surface area contributed by atoms with Gasteiger partial charge in [0.1, 0.15) is 0 Å². The van der Waals surface area contributed by atoms with Crippen LogP contribution in [0.1, 0.15) is 44.7 Å². The van der Waals surface area contributed by atoms with Gasteiger partial charge in [-0.25, -0.2) is 4.98 Å². The Hall–Kier alpha value is -1.02. The van der Waals surface area contributed by atoms with Gasteiger partial charge in [0.05, 0.1) is 18.7 Å². The number of hydrogen-bond acceptors (Lipinski definition) is 5. The molecule has 1 aliphatic heterocycles. The molecule has 0 amide bonds. The van der Waals surface area contributed by atoms with Crippen molar-refractivity contribution in [1.82, 2.24) is 10.1 Å². The molecule has 23 heavy (non-hydrogen) atoms. The zero-order chi connectivity index (χ0) is 16.3. The number of nitrogens with zero attached hydrogens (tertiary/aromatic N) is 4. The molecule has 7 heteroatoms. The summed E-state index contributed by atoms with van der Waals surface area (Å²) >= 11 is 1.69. The largest absolute Gasteiger partial charge is 1.00 e. The first-order valence-electron chi connectivity index (χ1n) is 7.56. The smallest absolute Gasteiger partial charge is 0.243 e. The van der Waals surface area contributed by atoms with Crippen LogP contribution in [-0.2, 0) is 0 Å². The number of thiazole rings is 1. The van der Waals surface area contributed by atoms with Gasteiger partial charge >= 0.3 is 0 Å². The average Bonchev–Trinajstić information content (AvgIpc) is 2.98. The highest BCUT2D eigenvalue weighted by molar-refractivity contribution is 7.15. The fourth-order valence-electron chi connectivity index (χ4n) is 1.93. The molecule has 0 aliphatic carbocycles.